The van der Waals surface area contributed by atoms with Gasteiger partial charge >= 0.3 is 0 Å². The van der Waals surface area contributed by atoms with Crippen molar-refractivity contribution >= 4 is 5.91 Å². The number of ether oxygens (including phenoxy) is 1. The molecule has 1 atom stereocenters. The molecule has 0 spiro atoms. The van der Waals surface area contributed by atoms with E-state index in [9.17, 15) is 4.79 Å². The van der Waals surface area contributed by atoms with Crippen molar-refractivity contribution in [3.63, 3.8) is 0 Å². The van der Waals surface area contributed by atoms with Crippen molar-refractivity contribution in [1.29, 1.82) is 0 Å². The summed E-state index contributed by atoms with van der Waals surface area (Å²) >= 11 is 0. The molecule has 1 aromatic heterocycles. The van der Waals surface area contributed by atoms with E-state index in [1.54, 1.807) is 19.4 Å². The summed E-state index contributed by atoms with van der Waals surface area (Å²) in [7, 11) is 1.56. The van der Waals surface area contributed by atoms with E-state index in [1.165, 1.54) is 0 Å². The molecule has 1 unspecified atom stereocenters. The Morgan fingerprint density at radius 3 is 3.06 bits per heavy atom. The normalized spacial score (nSPS) is 11.9. The highest BCUT2D eigenvalue weighted by Crippen LogP contribution is 2.08. The second kappa shape index (κ2) is 6.85. The van der Waals surface area contributed by atoms with Gasteiger partial charge in [-0.05, 0) is 18.1 Å². The fourth-order valence-corrected chi connectivity index (χ4v) is 1.43. The number of hydrogen-bond acceptors (Lipinski definition) is 4. The molecule has 0 aliphatic rings. The molecule has 0 aliphatic heterocycles. The van der Waals surface area contributed by atoms with E-state index in [0.29, 0.717) is 18.8 Å². The summed E-state index contributed by atoms with van der Waals surface area (Å²) in [5.74, 6) is 0.414. The van der Waals surface area contributed by atoms with Gasteiger partial charge < -0.3 is 15.8 Å². The smallest absolute Gasteiger partial charge is 0.237 e. The Balaban J connectivity index is 2.46. The first-order valence-electron chi connectivity index (χ1n) is 5.69. The van der Waals surface area contributed by atoms with Crippen LogP contribution in [-0.4, -0.2) is 24.0 Å². The zero-order valence-corrected chi connectivity index (χ0v) is 10.3. The lowest BCUT2D eigenvalue weighted by Gasteiger charge is -2.11. The Morgan fingerprint density at radius 1 is 1.65 bits per heavy atom. The van der Waals surface area contributed by atoms with Crippen LogP contribution in [-0.2, 0) is 11.3 Å². The lowest BCUT2D eigenvalue weighted by atomic mass is 10.1. The molecule has 0 aromatic carbocycles. The maximum absolute atomic E-state index is 11.6. The van der Waals surface area contributed by atoms with Crippen molar-refractivity contribution in [2.24, 2.45) is 5.73 Å². The van der Waals surface area contributed by atoms with Gasteiger partial charge in [-0.25, -0.2) is 4.98 Å². The molecule has 94 valence electrons. The molecule has 17 heavy (non-hydrogen) atoms. The van der Waals surface area contributed by atoms with E-state index < -0.39 is 6.04 Å². The van der Waals surface area contributed by atoms with Crippen molar-refractivity contribution in [1.82, 2.24) is 10.3 Å². The monoisotopic (exact) mass is 237 g/mol. The standard InChI is InChI=1S/C12H19N3O2/c1-3-4-10(13)12(16)15-8-9-5-6-14-11(7-9)17-2/h5-7,10H,3-4,8,13H2,1-2H3,(H,15,16). The zero-order chi connectivity index (χ0) is 12.7. The maximum atomic E-state index is 11.6. The Morgan fingerprint density at radius 2 is 2.41 bits per heavy atom. The van der Waals surface area contributed by atoms with Crippen molar-refractivity contribution in [2.45, 2.75) is 32.4 Å². The van der Waals surface area contributed by atoms with Gasteiger partial charge in [0.1, 0.15) is 0 Å². The maximum Gasteiger partial charge on any atom is 0.237 e. The summed E-state index contributed by atoms with van der Waals surface area (Å²) in [6.45, 7) is 2.44. The van der Waals surface area contributed by atoms with Gasteiger partial charge in [-0.1, -0.05) is 13.3 Å². The SMILES string of the molecule is CCCC(N)C(=O)NCc1ccnc(OC)c1. The molecule has 0 saturated carbocycles. The number of pyridine rings is 1. The average Bonchev–Trinajstić information content (AvgIpc) is 2.36. The molecule has 1 aromatic rings. The summed E-state index contributed by atoms with van der Waals surface area (Å²) in [5, 5.41) is 2.79. The minimum atomic E-state index is -0.427. The van der Waals surface area contributed by atoms with Crippen molar-refractivity contribution in [2.75, 3.05) is 7.11 Å². The first-order chi connectivity index (χ1) is 8.17. The first kappa shape index (κ1) is 13.4. The number of hydrogen-bond donors (Lipinski definition) is 2. The van der Waals surface area contributed by atoms with Crippen LogP contribution in [0.4, 0.5) is 0 Å². The molecule has 0 aliphatic carbocycles. The minimum Gasteiger partial charge on any atom is -0.481 e. The van der Waals surface area contributed by atoms with Crippen molar-refractivity contribution in [3.05, 3.63) is 23.9 Å². The van der Waals surface area contributed by atoms with Crippen molar-refractivity contribution < 1.29 is 9.53 Å². The van der Waals surface area contributed by atoms with Gasteiger partial charge in [0.15, 0.2) is 0 Å². The molecule has 0 saturated heterocycles. The lowest BCUT2D eigenvalue weighted by molar-refractivity contribution is -0.122. The number of rotatable bonds is 6. The van der Waals surface area contributed by atoms with E-state index >= 15 is 0 Å². The van der Waals surface area contributed by atoms with Crippen LogP contribution in [0, 0.1) is 0 Å². The summed E-state index contributed by atoms with van der Waals surface area (Å²) in [4.78, 5) is 15.6. The second-order valence-corrected chi connectivity index (χ2v) is 3.82. The molecule has 1 heterocycles. The van der Waals surface area contributed by atoms with Gasteiger partial charge in [-0.15, -0.1) is 0 Å². The van der Waals surface area contributed by atoms with Gasteiger partial charge in [0.25, 0.3) is 0 Å². The molecule has 5 heteroatoms. The zero-order valence-electron chi connectivity index (χ0n) is 10.3. The van der Waals surface area contributed by atoms with Crippen LogP contribution < -0.4 is 15.8 Å². The number of carbonyl (C=O) groups is 1. The number of carbonyl (C=O) groups excluding carboxylic acids is 1. The third-order valence-corrected chi connectivity index (χ3v) is 2.41. The summed E-state index contributed by atoms with van der Waals surface area (Å²) in [6, 6.07) is 3.18. The van der Waals surface area contributed by atoms with E-state index in [4.69, 9.17) is 10.5 Å². The average molecular weight is 237 g/mol. The molecule has 1 amide bonds. The number of aromatic nitrogens is 1. The fraction of sp³-hybridized carbons (Fsp3) is 0.500. The highest BCUT2D eigenvalue weighted by atomic mass is 16.5. The fourth-order valence-electron chi connectivity index (χ4n) is 1.43. The van der Waals surface area contributed by atoms with Crippen LogP contribution >= 0.6 is 0 Å². The highest BCUT2D eigenvalue weighted by molar-refractivity contribution is 5.81. The number of methoxy groups -OCH3 is 1. The largest absolute Gasteiger partial charge is 0.481 e. The Hall–Kier alpha value is -1.62. The number of amides is 1. The van der Waals surface area contributed by atoms with Crippen LogP contribution in [0.15, 0.2) is 18.3 Å². The van der Waals surface area contributed by atoms with Crippen molar-refractivity contribution in [3.8, 4) is 5.88 Å². The van der Waals surface area contributed by atoms with Crippen LogP contribution in [0.2, 0.25) is 0 Å². The Bertz CT molecular complexity index is 369. The predicted molar refractivity (Wildman–Crippen MR) is 65.5 cm³/mol. The third-order valence-electron chi connectivity index (χ3n) is 2.41. The summed E-state index contributed by atoms with van der Waals surface area (Å²) in [6.07, 6.45) is 3.25. The molecule has 0 radical (unpaired) electrons. The Labute approximate surface area is 101 Å². The minimum absolute atomic E-state index is 0.123. The quantitative estimate of drug-likeness (QED) is 0.768. The van der Waals surface area contributed by atoms with Gasteiger partial charge in [0, 0.05) is 18.8 Å². The molecular weight excluding hydrogens is 218 g/mol. The number of nitrogens with one attached hydrogen (secondary N) is 1. The third kappa shape index (κ3) is 4.40. The molecule has 0 fully saturated rings. The van der Waals surface area contributed by atoms with Crippen LogP contribution in [0.1, 0.15) is 25.3 Å². The summed E-state index contributed by atoms with van der Waals surface area (Å²) in [5.41, 5.74) is 6.64. The topological polar surface area (TPSA) is 77.2 Å². The van der Waals surface area contributed by atoms with Gasteiger partial charge in [-0.3, -0.25) is 4.79 Å². The first-order valence-corrected chi connectivity index (χ1v) is 5.69. The van der Waals surface area contributed by atoms with E-state index in [0.717, 1.165) is 12.0 Å². The highest BCUT2D eigenvalue weighted by Gasteiger charge is 2.11. The van der Waals surface area contributed by atoms with Gasteiger partial charge in [0.05, 0.1) is 13.2 Å². The van der Waals surface area contributed by atoms with Crippen LogP contribution in [0.25, 0.3) is 0 Å². The number of nitrogens with two attached hydrogens (primary N) is 1. The second-order valence-electron chi connectivity index (χ2n) is 3.82. The molecular formula is C12H19N3O2. The Kier molecular flexibility index (Phi) is 5.42. The van der Waals surface area contributed by atoms with Crippen LogP contribution in [0.5, 0.6) is 5.88 Å². The summed E-state index contributed by atoms with van der Waals surface area (Å²) < 4.78 is 5.00. The molecule has 3 N–H and O–H groups in total. The van der Waals surface area contributed by atoms with Gasteiger partial charge in [0.2, 0.25) is 11.8 Å². The predicted octanol–water partition coefficient (Wildman–Crippen LogP) is 0.834. The van der Waals surface area contributed by atoms with E-state index in [2.05, 4.69) is 10.3 Å². The molecule has 5 nitrogen and oxygen atoms in total. The van der Waals surface area contributed by atoms with E-state index in [-0.39, 0.29) is 5.91 Å². The molecule has 1 rings (SSSR count). The van der Waals surface area contributed by atoms with Gasteiger partial charge in [-0.2, -0.15) is 0 Å². The lowest BCUT2D eigenvalue weighted by Crippen LogP contribution is -2.40. The van der Waals surface area contributed by atoms with E-state index in [1.807, 2.05) is 13.0 Å². The van der Waals surface area contributed by atoms with Crippen LogP contribution in [0.3, 0.4) is 0 Å². The number of nitrogens with zero attached hydrogens (tertiary/aromatic N) is 1. The molecule has 0 bridgehead atoms.